The van der Waals surface area contributed by atoms with Gasteiger partial charge in [-0.25, -0.2) is 4.79 Å². The summed E-state index contributed by atoms with van der Waals surface area (Å²) in [6.07, 6.45) is -4.37. The van der Waals surface area contributed by atoms with E-state index in [1.54, 1.807) is 0 Å². The second-order valence-electron chi connectivity index (χ2n) is 1.66. The van der Waals surface area contributed by atoms with E-state index < -0.39 is 24.1 Å². The molecule has 0 bridgehead atoms. The standard InChI is InChI=1S/C4H5BO6/c5-11-4(10)2(7)1(6)3(8)9/h1-2,6-7H,(H,8,9). The Morgan fingerprint density at radius 3 is 2.00 bits per heavy atom. The van der Waals surface area contributed by atoms with Crippen molar-refractivity contribution in [3.8, 4) is 0 Å². The fraction of sp³-hybridized carbons (Fsp3) is 0.500. The van der Waals surface area contributed by atoms with Gasteiger partial charge in [0.25, 0.3) is 0 Å². The van der Waals surface area contributed by atoms with Crippen molar-refractivity contribution in [2.24, 2.45) is 0 Å². The number of rotatable bonds is 3. The molecule has 0 amide bonds. The molecule has 3 N–H and O–H groups in total. The zero-order valence-corrected chi connectivity index (χ0v) is 5.30. The molecule has 0 aromatic rings. The van der Waals surface area contributed by atoms with E-state index >= 15 is 0 Å². The number of carboxylic acid groups (broad SMARTS) is 1. The number of carbonyl (C=O) groups is 2. The van der Waals surface area contributed by atoms with Crippen molar-refractivity contribution in [1.82, 2.24) is 0 Å². The zero-order valence-electron chi connectivity index (χ0n) is 5.30. The Bertz CT molecular complexity index is 168. The number of carbonyl (C=O) groups excluding carboxylic acids is 1. The number of aliphatic hydroxyl groups is 2. The topological polar surface area (TPSA) is 104 Å². The highest BCUT2D eigenvalue weighted by atomic mass is 16.5. The van der Waals surface area contributed by atoms with Crippen LogP contribution in [-0.2, 0) is 14.2 Å². The van der Waals surface area contributed by atoms with Gasteiger partial charge < -0.3 is 20.0 Å². The molecular weight excluding hydrogens is 155 g/mol. The van der Waals surface area contributed by atoms with E-state index in [4.69, 9.17) is 15.3 Å². The van der Waals surface area contributed by atoms with Crippen LogP contribution in [0.3, 0.4) is 0 Å². The number of hydrogen-bond donors (Lipinski definition) is 3. The maximum Gasteiger partial charge on any atom is 0.378 e. The van der Waals surface area contributed by atoms with Crippen molar-refractivity contribution < 1.29 is 29.6 Å². The first-order chi connectivity index (χ1) is 5.00. The molecule has 2 unspecified atom stereocenters. The monoisotopic (exact) mass is 160 g/mol. The van der Waals surface area contributed by atoms with Crippen LogP contribution in [0.1, 0.15) is 0 Å². The Kier molecular flexibility index (Phi) is 3.56. The summed E-state index contributed by atoms with van der Waals surface area (Å²) in [5, 5.41) is 25.1. The van der Waals surface area contributed by atoms with Crippen LogP contribution in [0.15, 0.2) is 0 Å². The normalized spacial score (nSPS) is 15.1. The average molecular weight is 160 g/mol. The molecule has 0 fully saturated rings. The molecule has 0 saturated carbocycles. The van der Waals surface area contributed by atoms with E-state index in [1.165, 1.54) is 0 Å². The van der Waals surface area contributed by atoms with Crippen LogP contribution >= 0.6 is 0 Å². The van der Waals surface area contributed by atoms with Crippen LogP contribution < -0.4 is 0 Å². The van der Waals surface area contributed by atoms with Crippen LogP contribution in [0.25, 0.3) is 0 Å². The van der Waals surface area contributed by atoms with Gasteiger partial charge in [0.05, 0.1) is 0 Å². The van der Waals surface area contributed by atoms with Crippen molar-refractivity contribution in [2.45, 2.75) is 12.2 Å². The summed E-state index contributed by atoms with van der Waals surface area (Å²) in [5.41, 5.74) is 0. The van der Waals surface area contributed by atoms with Crippen molar-refractivity contribution in [1.29, 1.82) is 0 Å². The molecule has 0 aliphatic rings. The molecule has 2 radical (unpaired) electrons. The third kappa shape index (κ3) is 2.56. The Morgan fingerprint density at radius 1 is 1.27 bits per heavy atom. The van der Waals surface area contributed by atoms with Crippen molar-refractivity contribution in [3.05, 3.63) is 0 Å². The summed E-state index contributed by atoms with van der Waals surface area (Å²) in [6, 6.07) is 0. The molecule has 0 spiro atoms. The Balaban J connectivity index is 4.12. The second-order valence-corrected chi connectivity index (χ2v) is 1.66. The number of aliphatic carboxylic acids is 1. The zero-order chi connectivity index (χ0) is 9.02. The minimum atomic E-state index is -2.22. The molecule has 0 heterocycles. The van der Waals surface area contributed by atoms with Crippen molar-refractivity contribution in [2.75, 3.05) is 0 Å². The van der Waals surface area contributed by atoms with Gasteiger partial charge in [0, 0.05) is 0 Å². The molecule has 60 valence electrons. The lowest BCUT2D eigenvalue weighted by molar-refractivity contribution is -0.164. The first-order valence-electron chi connectivity index (χ1n) is 2.50. The predicted octanol–water partition coefficient (Wildman–Crippen LogP) is -2.58. The van der Waals surface area contributed by atoms with Gasteiger partial charge in [0.1, 0.15) is 0 Å². The fourth-order valence-electron chi connectivity index (χ4n) is 0.334. The Labute approximate surface area is 62.8 Å². The number of aliphatic hydroxyl groups excluding tert-OH is 2. The molecular formula is C4H5BO6. The lowest BCUT2D eigenvalue weighted by atomic mass is 10.2. The number of carboxylic acids is 1. The lowest BCUT2D eigenvalue weighted by Crippen LogP contribution is -2.40. The van der Waals surface area contributed by atoms with Crippen LogP contribution in [0, 0.1) is 0 Å². The van der Waals surface area contributed by atoms with Crippen LogP contribution in [0.2, 0.25) is 0 Å². The third-order valence-electron chi connectivity index (χ3n) is 0.910. The summed E-state index contributed by atoms with van der Waals surface area (Å²) in [4.78, 5) is 20.1. The molecule has 11 heavy (non-hydrogen) atoms. The second kappa shape index (κ2) is 3.94. The molecule has 6 nitrogen and oxygen atoms in total. The third-order valence-corrected chi connectivity index (χ3v) is 0.910. The summed E-state index contributed by atoms with van der Waals surface area (Å²) < 4.78 is 3.47. The van der Waals surface area contributed by atoms with Gasteiger partial charge in [-0.1, -0.05) is 0 Å². The molecule has 7 heteroatoms. The van der Waals surface area contributed by atoms with E-state index in [9.17, 15) is 9.59 Å². The van der Waals surface area contributed by atoms with Gasteiger partial charge >= 0.3 is 20.0 Å². The van der Waals surface area contributed by atoms with Gasteiger partial charge in [-0.2, -0.15) is 0 Å². The highest BCUT2D eigenvalue weighted by molar-refractivity contribution is 6.06. The molecule has 0 rings (SSSR count). The number of hydrogen-bond acceptors (Lipinski definition) is 5. The first kappa shape index (κ1) is 9.92. The quantitative estimate of drug-likeness (QED) is 0.391. The molecule has 0 aliphatic carbocycles. The maximum atomic E-state index is 10.2. The van der Waals surface area contributed by atoms with Crippen molar-refractivity contribution >= 4 is 20.0 Å². The molecule has 0 aromatic carbocycles. The molecule has 2 atom stereocenters. The SMILES string of the molecule is [B]OC(=O)C(O)C(O)C(=O)O. The summed E-state index contributed by atoms with van der Waals surface area (Å²) in [5.74, 6) is -3.14. The smallest absolute Gasteiger partial charge is 0.378 e. The van der Waals surface area contributed by atoms with Gasteiger partial charge in [0.15, 0.2) is 12.2 Å². The highest BCUT2D eigenvalue weighted by Gasteiger charge is 2.30. The lowest BCUT2D eigenvalue weighted by Gasteiger charge is -2.10. The molecule has 0 aliphatic heterocycles. The predicted molar refractivity (Wildman–Crippen MR) is 31.5 cm³/mol. The van der Waals surface area contributed by atoms with E-state index in [0.717, 1.165) is 0 Å². The maximum absolute atomic E-state index is 10.2. The van der Waals surface area contributed by atoms with Crippen molar-refractivity contribution in [3.63, 3.8) is 0 Å². The van der Waals surface area contributed by atoms with Crippen LogP contribution in [0.5, 0.6) is 0 Å². The first-order valence-corrected chi connectivity index (χ1v) is 2.50. The average Bonchev–Trinajstić information content (AvgIpc) is 2.00. The summed E-state index contributed by atoms with van der Waals surface area (Å²) in [6.45, 7) is 0. The Morgan fingerprint density at radius 2 is 1.73 bits per heavy atom. The van der Waals surface area contributed by atoms with Crippen LogP contribution in [-0.4, -0.2) is 47.5 Å². The summed E-state index contributed by atoms with van der Waals surface area (Å²) in [7, 11) is 4.30. The van der Waals surface area contributed by atoms with E-state index in [1.807, 2.05) is 0 Å². The molecule has 0 saturated heterocycles. The van der Waals surface area contributed by atoms with Gasteiger partial charge in [-0.15, -0.1) is 0 Å². The van der Waals surface area contributed by atoms with Gasteiger partial charge in [0.2, 0.25) is 0 Å². The van der Waals surface area contributed by atoms with Gasteiger partial charge in [-0.05, 0) is 0 Å². The largest absolute Gasteiger partial charge is 0.541 e. The minimum absolute atomic E-state index is 1.40. The fourth-order valence-corrected chi connectivity index (χ4v) is 0.334. The van der Waals surface area contributed by atoms with E-state index in [2.05, 4.69) is 12.7 Å². The van der Waals surface area contributed by atoms with Gasteiger partial charge in [-0.3, -0.25) is 4.79 Å². The minimum Gasteiger partial charge on any atom is -0.541 e. The van der Waals surface area contributed by atoms with Crippen LogP contribution in [0.4, 0.5) is 0 Å². The molecule has 0 aromatic heterocycles. The Hall–Kier alpha value is -1.08. The van der Waals surface area contributed by atoms with E-state index in [0.29, 0.717) is 0 Å². The summed E-state index contributed by atoms with van der Waals surface area (Å²) >= 11 is 0. The van der Waals surface area contributed by atoms with E-state index in [-0.39, 0.29) is 0 Å². The highest BCUT2D eigenvalue weighted by Crippen LogP contribution is 1.95.